The third-order valence-corrected chi connectivity index (χ3v) is 3.66. The van der Waals surface area contributed by atoms with Crippen molar-refractivity contribution in [3.8, 4) is 0 Å². The normalized spacial score (nSPS) is 10.3. The van der Waals surface area contributed by atoms with E-state index >= 15 is 0 Å². The third kappa shape index (κ3) is 4.62. The molecule has 1 amide bonds. The molecule has 0 saturated heterocycles. The Morgan fingerprint density at radius 2 is 1.83 bits per heavy atom. The van der Waals surface area contributed by atoms with Crippen molar-refractivity contribution in [1.29, 1.82) is 0 Å². The van der Waals surface area contributed by atoms with E-state index in [0.29, 0.717) is 11.3 Å². The van der Waals surface area contributed by atoms with Crippen LogP contribution in [0.2, 0.25) is 0 Å². The van der Waals surface area contributed by atoms with E-state index in [2.05, 4.69) is 22.2 Å². The van der Waals surface area contributed by atoms with Crippen molar-refractivity contribution in [1.82, 2.24) is 9.97 Å². The Bertz CT molecular complexity index is 696. The molecule has 0 saturated carbocycles. The van der Waals surface area contributed by atoms with Gasteiger partial charge >= 0.3 is 0 Å². The van der Waals surface area contributed by atoms with Crippen LogP contribution in [0.4, 0.5) is 11.5 Å². The van der Waals surface area contributed by atoms with Crippen LogP contribution in [-0.4, -0.2) is 35.3 Å². The van der Waals surface area contributed by atoms with Gasteiger partial charge in [-0.1, -0.05) is 13.3 Å². The fourth-order valence-electron chi connectivity index (χ4n) is 2.13. The number of nitrogens with one attached hydrogen (secondary N) is 1. The summed E-state index contributed by atoms with van der Waals surface area (Å²) in [4.78, 5) is 33.9. The van der Waals surface area contributed by atoms with Crippen LogP contribution in [0.25, 0.3) is 0 Å². The largest absolute Gasteiger partial charge is 0.358 e. The summed E-state index contributed by atoms with van der Waals surface area (Å²) < 4.78 is 0. The van der Waals surface area contributed by atoms with Gasteiger partial charge in [0.1, 0.15) is 11.5 Å². The lowest BCUT2D eigenvalue weighted by molar-refractivity contribution is 0.101. The van der Waals surface area contributed by atoms with Crippen LogP contribution < -0.4 is 10.2 Å². The molecule has 0 bridgehead atoms. The van der Waals surface area contributed by atoms with E-state index in [4.69, 9.17) is 0 Å². The molecule has 0 aliphatic rings. The molecule has 0 aliphatic heterocycles. The van der Waals surface area contributed by atoms with Crippen molar-refractivity contribution in [3.05, 3.63) is 47.9 Å². The van der Waals surface area contributed by atoms with Crippen LogP contribution in [0.5, 0.6) is 0 Å². The van der Waals surface area contributed by atoms with Gasteiger partial charge in [0, 0.05) is 24.8 Å². The molecule has 0 spiro atoms. The van der Waals surface area contributed by atoms with E-state index < -0.39 is 0 Å². The molecule has 0 atom stereocenters. The quantitative estimate of drug-likeness (QED) is 0.791. The SMILES string of the molecule is CCCCN(C)c1cnc(C(=O)Nc2ccc(C(C)=O)cc2)cn1. The number of carbonyl (C=O) groups excluding carboxylic acids is 2. The fraction of sp³-hybridized carbons (Fsp3) is 0.333. The molecule has 6 nitrogen and oxygen atoms in total. The summed E-state index contributed by atoms with van der Waals surface area (Å²) in [5.74, 6) is 0.396. The summed E-state index contributed by atoms with van der Waals surface area (Å²) >= 11 is 0. The second kappa shape index (κ2) is 8.19. The molecule has 2 aromatic rings. The lowest BCUT2D eigenvalue weighted by atomic mass is 10.1. The number of rotatable bonds is 7. The maximum absolute atomic E-state index is 12.2. The molecule has 0 fully saturated rings. The zero-order valence-electron chi connectivity index (χ0n) is 14.2. The van der Waals surface area contributed by atoms with E-state index in [1.807, 2.05) is 11.9 Å². The second-order valence-electron chi connectivity index (χ2n) is 5.62. The number of carbonyl (C=O) groups is 2. The molecule has 1 N–H and O–H groups in total. The van der Waals surface area contributed by atoms with Gasteiger partial charge in [-0.05, 0) is 37.6 Å². The Kier molecular flexibility index (Phi) is 6.01. The van der Waals surface area contributed by atoms with Crippen molar-refractivity contribution in [3.63, 3.8) is 0 Å². The average molecular weight is 326 g/mol. The minimum atomic E-state index is -0.333. The molecule has 1 aromatic carbocycles. The van der Waals surface area contributed by atoms with Crippen LogP contribution in [0.3, 0.4) is 0 Å². The number of amides is 1. The standard InChI is InChI=1S/C18H22N4O2/c1-4-5-10-22(3)17-12-19-16(11-20-17)18(24)21-15-8-6-14(7-9-15)13(2)23/h6-9,11-12H,4-5,10H2,1-3H3,(H,21,24). The molecule has 1 aromatic heterocycles. The molecule has 0 aliphatic carbocycles. The summed E-state index contributed by atoms with van der Waals surface area (Å²) in [6.07, 6.45) is 5.26. The Labute approximate surface area is 141 Å². The lowest BCUT2D eigenvalue weighted by Crippen LogP contribution is -2.21. The van der Waals surface area contributed by atoms with E-state index in [9.17, 15) is 9.59 Å². The number of anilines is 2. The summed E-state index contributed by atoms with van der Waals surface area (Å²) in [5, 5.41) is 2.74. The number of hydrogen-bond acceptors (Lipinski definition) is 5. The summed E-state index contributed by atoms with van der Waals surface area (Å²) in [6.45, 7) is 4.54. The smallest absolute Gasteiger partial charge is 0.275 e. The number of Topliss-reactive ketones (excluding diaryl/α,β-unsaturated/α-hetero) is 1. The first-order valence-corrected chi connectivity index (χ1v) is 7.96. The fourth-order valence-corrected chi connectivity index (χ4v) is 2.13. The predicted octanol–water partition coefficient (Wildman–Crippen LogP) is 3.17. The number of unbranched alkanes of at least 4 members (excludes halogenated alkanes) is 1. The summed E-state index contributed by atoms with van der Waals surface area (Å²) in [5.41, 5.74) is 1.46. The maximum atomic E-state index is 12.2. The van der Waals surface area contributed by atoms with Crippen LogP contribution in [-0.2, 0) is 0 Å². The zero-order chi connectivity index (χ0) is 17.5. The van der Waals surface area contributed by atoms with Crippen LogP contribution in [0.1, 0.15) is 47.5 Å². The molecular formula is C18H22N4O2. The molecule has 6 heteroatoms. The Hall–Kier alpha value is -2.76. The highest BCUT2D eigenvalue weighted by atomic mass is 16.2. The molecule has 2 rings (SSSR count). The number of ketones is 1. The van der Waals surface area contributed by atoms with Gasteiger partial charge in [0.05, 0.1) is 12.4 Å². The molecule has 0 unspecified atom stereocenters. The number of aromatic nitrogens is 2. The first kappa shape index (κ1) is 17.6. The molecule has 1 heterocycles. The first-order chi connectivity index (χ1) is 11.5. The van der Waals surface area contributed by atoms with Gasteiger partial charge in [-0.2, -0.15) is 0 Å². The predicted molar refractivity (Wildman–Crippen MR) is 94.6 cm³/mol. The summed E-state index contributed by atoms with van der Waals surface area (Å²) in [7, 11) is 1.95. The highest BCUT2D eigenvalue weighted by molar-refractivity contribution is 6.03. The van der Waals surface area contributed by atoms with Gasteiger partial charge < -0.3 is 10.2 Å². The van der Waals surface area contributed by atoms with Crippen molar-refractivity contribution >= 4 is 23.2 Å². The van der Waals surface area contributed by atoms with Crippen molar-refractivity contribution < 1.29 is 9.59 Å². The van der Waals surface area contributed by atoms with Gasteiger partial charge in [-0.25, -0.2) is 9.97 Å². The molecule has 126 valence electrons. The summed E-state index contributed by atoms with van der Waals surface area (Å²) in [6, 6.07) is 6.73. The van der Waals surface area contributed by atoms with E-state index in [0.717, 1.165) is 25.2 Å². The minimum absolute atomic E-state index is 0.0125. The topological polar surface area (TPSA) is 75.2 Å². The monoisotopic (exact) mass is 326 g/mol. The van der Waals surface area contributed by atoms with Crippen molar-refractivity contribution in [2.24, 2.45) is 0 Å². The number of hydrogen-bond donors (Lipinski definition) is 1. The second-order valence-corrected chi connectivity index (χ2v) is 5.62. The Balaban J connectivity index is 2.00. The molecular weight excluding hydrogens is 304 g/mol. The number of nitrogens with zero attached hydrogens (tertiary/aromatic N) is 3. The Morgan fingerprint density at radius 1 is 1.12 bits per heavy atom. The zero-order valence-corrected chi connectivity index (χ0v) is 14.2. The maximum Gasteiger partial charge on any atom is 0.275 e. The van der Waals surface area contributed by atoms with Gasteiger partial charge in [0.25, 0.3) is 5.91 Å². The van der Waals surface area contributed by atoms with E-state index in [1.165, 1.54) is 13.1 Å². The average Bonchev–Trinajstić information content (AvgIpc) is 2.60. The van der Waals surface area contributed by atoms with Crippen molar-refractivity contribution in [2.75, 3.05) is 23.8 Å². The van der Waals surface area contributed by atoms with Crippen LogP contribution >= 0.6 is 0 Å². The molecule has 24 heavy (non-hydrogen) atoms. The van der Waals surface area contributed by atoms with Gasteiger partial charge in [-0.15, -0.1) is 0 Å². The minimum Gasteiger partial charge on any atom is -0.358 e. The van der Waals surface area contributed by atoms with E-state index in [-0.39, 0.29) is 17.4 Å². The van der Waals surface area contributed by atoms with Crippen LogP contribution in [0.15, 0.2) is 36.7 Å². The van der Waals surface area contributed by atoms with E-state index in [1.54, 1.807) is 30.5 Å². The van der Waals surface area contributed by atoms with Gasteiger partial charge in [-0.3, -0.25) is 9.59 Å². The lowest BCUT2D eigenvalue weighted by Gasteiger charge is -2.17. The highest BCUT2D eigenvalue weighted by Crippen LogP contribution is 2.12. The van der Waals surface area contributed by atoms with Gasteiger partial charge in [0.15, 0.2) is 5.78 Å². The first-order valence-electron chi connectivity index (χ1n) is 7.96. The highest BCUT2D eigenvalue weighted by Gasteiger charge is 2.10. The number of benzene rings is 1. The third-order valence-electron chi connectivity index (χ3n) is 3.66. The van der Waals surface area contributed by atoms with Crippen molar-refractivity contribution in [2.45, 2.75) is 26.7 Å². The van der Waals surface area contributed by atoms with Crippen LogP contribution in [0, 0.1) is 0 Å². The molecule has 0 radical (unpaired) electrons. The van der Waals surface area contributed by atoms with Gasteiger partial charge in [0.2, 0.25) is 0 Å². The Morgan fingerprint density at radius 3 is 2.38 bits per heavy atom.